The van der Waals surface area contributed by atoms with E-state index in [-0.39, 0.29) is 6.42 Å². The van der Waals surface area contributed by atoms with Gasteiger partial charge in [-0.2, -0.15) is 0 Å². The van der Waals surface area contributed by atoms with Crippen LogP contribution in [-0.4, -0.2) is 45.8 Å². The quantitative estimate of drug-likeness (QED) is 0.401. The fraction of sp³-hybridized carbons (Fsp3) is 0.857. The zero-order chi connectivity index (χ0) is 11.6. The second kappa shape index (κ2) is 4.51. The standard InChI is InChI=1S/C7H13N3O5/c1-3-6(12)4(11)2-5(15-3)10(9-14)7(8)13/h3-6,11-12H,2H2,1H3,(H2,8,13)/t3-,4-,5-,6-/m1/s1. The Morgan fingerprint density at radius 1 is 1.60 bits per heavy atom. The Morgan fingerprint density at radius 2 is 2.20 bits per heavy atom. The molecule has 0 aromatic heterocycles. The van der Waals surface area contributed by atoms with Crippen LogP contribution < -0.4 is 5.73 Å². The number of primary amides is 1. The summed E-state index contributed by atoms with van der Waals surface area (Å²) in [5.74, 6) is 0. The minimum Gasteiger partial charge on any atom is -0.390 e. The summed E-state index contributed by atoms with van der Waals surface area (Å²) in [5, 5.41) is 21.5. The van der Waals surface area contributed by atoms with Gasteiger partial charge in [0.25, 0.3) is 0 Å². The first kappa shape index (κ1) is 11.8. The maximum atomic E-state index is 10.8. The Morgan fingerprint density at radius 3 is 2.60 bits per heavy atom. The van der Waals surface area contributed by atoms with Gasteiger partial charge in [-0.05, 0) is 6.92 Å². The van der Waals surface area contributed by atoms with Crippen molar-refractivity contribution in [2.45, 2.75) is 37.9 Å². The second-order valence-electron chi connectivity index (χ2n) is 3.35. The number of aliphatic hydroxyl groups is 2. The van der Waals surface area contributed by atoms with Crippen molar-refractivity contribution in [2.75, 3.05) is 0 Å². The highest BCUT2D eigenvalue weighted by Crippen LogP contribution is 2.22. The third-order valence-electron chi connectivity index (χ3n) is 2.28. The molecule has 1 heterocycles. The van der Waals surface area contributed by atoms with Gasteiger partial charge in [0, 0.05) is 6.42 Å². The predicted molar refractivity (Wildman–Crippen MR) is 48.2 cm³/mol. The number of aliphatic hydroxyl groups excluding tert-OH is 2. The Bertz CT molecular complexity index is 249. The van der Waals surface area contributed by atoms with Gasteiger partial charge in [0.1, 0.15) is 6.10 Å². The highest BCUT2D eigenvalue weighted by atomic mass is 16.5. The summed E-state index contributed by atoms with van der Waals surface area (Å²) in [7, 11) is 0. The molecule has 1 aliphatic rings. The number of hydrogen-bond acceptors (Lipinski definition) is 6. The van der Waals surface area contributed by atoms with Crippen LogP contribution in [0.3, 0.4) is 0 Å². The minimum atomic E-state index is -1.08. The number of nitrogens with zero attached hydrogens (tertiary/aromatic N) is 2. The number of ether oxygens (including phenoxy) is 1. The minimum absolute atomic E-state index is 0.111. The van der Waals surface area contributed by atoms with E-state index in [1.165, 1.54) is 6.92 Å². The Balaban J connectivity index is 2.72. The zero-order valence-corrected chi connectivity index (χ0v) is 8.11. The molecule has 0 bridgehead atoms. The lowest BCUT2D eigenvalue weighted by molar-refractivity contribution is -0.193. The third-order valence-corrected chi connectivity index (χ3v) is 2.28. The number of carbonyl (C=O) groups excluding carboxylic acids is 1. The molecular formula is C7H13N3O5. The van der Waals surface area contributed by atoms with Crippen LogP contribution in [0.25, 0.3) is 0 Å². The van der Waals surface area contributed by atoms with Crippen LogP contribution in [0.5, 0.6) is 0 Å². The van der Waals surface area contributed by atoms with Crippen LogP contribution in [0.15, 0.2) is 5.29 Å². The van der Waals surface area contributed by atoms with Crippen LogP contribution in [0, 0.1) is 4.91 Å². The molecule has 1 fully saturated rings. The Kier molecular flexibility index (Phi) is 3.56. The second-order valence-corrected chi connectivity index (χ2v) is 3.35. The number of carbonyl (C=O) groups is 1. The van der Waals surface area contributed by atoms with Gasteiger partial charge in [-0.1, -0.05) is 0 Å². The molecule has 1 aliphatic heterocycles. The molecule has 1 saturated heterocycles. The van der Waals surface area contributed by atoms with Crippen LogP contribution in [-0.2, 0) is 4.74 Å². The summed E-state index contributed by atoms with van der Waals surface area (Å²) in [5.41, 5.74) is 4.87. The van der Waals surface area contributed by atoms with Gasteiger partial charge < -0.3 is 20.7 Å². The molecule has 0 radical (unpaired) electrons. The van der Waals surface area contributed by atoms with E-state index in [1.54, 1.807) is 0 Å². The lowest BCUT2D eigenvalue weighted by atomic mass is 10.0. The van der Waals surface area contributed by atoms with Gasteiger partial charge in [-0.15, -0.1) is 9.92 Å². The summed E-state index contributed by atoms with van der Waals surface area (Å²) in [4.78, 5) is 21.0. The topological polar surface area (TPSA) is 125 Å². The van der Waals surface area contributed by atoms with Gasteiger partial charge in [-0.25, -0.2) is 4.79 Å². The van der Waals surface area contributed by atoms with E-state index in [0.717, 1.165) is 0 Å². The predicted octanol–water partition coefficient (Wildman–Crippen LogP) is -1.09. The first-order valence-electron chi connectivity index (χ1n) is 4.41. The molecule has 8 heteroatoms. The third kappa shape index (κ3) is 2.41. The fourth-order valence-electron chi connectivity index (χ4n) is 1.43. The number of hydrogen-bond donors (Lipinski definition) is 3. The van der Waals surface area contributed by atoms with E-state index < -0.39 is 30.6 Å². The van der Waals surface area contributed by atoms with Crippen molar-refractivity contribution in [1.82, 2.24) is 5.01 Å². The maximum absolute atomic E-state index is 10.8. The van der Waals surface area contributed by atoms with Crippen molar-refractivity contribution in [3.63, 3.8) is 0 Å². The average Bonchev–Trinajstić information content (AvgIpc) is 2.14. The van der Waals surface area contributed by atoms with Crippen molar-refractivity contribution in [1.29, 1.82) is 0 Å². The van der Waals surface area contributed by atoms with Crippen LogP contribution in [0.2, 0.25) is 0 Å². The van der Waals surface area contributed by atoms with Crippen LogP contribution in [0.1, 0.15) is 13.3 Å². The van der Waals surface area contributed by atoms with Gasteiger partial charge in [0.15, 0.2) is 6.23 Å². The molecule has 15 heavy (non-hydrogen) atoms. The number of amides is 2. The van der Waals surface area contributed by atoms with Crippen molar-refractivity contribution in [3.05, 3.63) is 4.91 Å². The number of nitrogens with two attached hydrogens (primary N) is 1. The molecule has 86 valence electrons. The molecule has 0 aromatic rings. The average molecular weight is 219 g/mol. The van der Waals surface area contributed by atoms with E-state index >= 15 is 0 Å². The SMILES string of the molecule is C[C@H]1O[C@@H](N(N=O)C(N)=O)C[C@@H](O)[C@@H]1O. The summed E-state index contributed by atoms with van der Waals surface area (Å²) in [6, 6.07) is -1.06. The van der Waals surface area contributed by atoms with Crippen LogP contribution in [0.4, 0.5) is 4.79 Å². The van der Waals surface area contributed by atoms with Crippen molar-refractivity contribution >= 4 is 6.03 Å². The molecular weight excluding hydrogens is 206 g/mol. The molecule has 8 nitrogen and oxygen atoms in total. The molecule has 4 atom stereocenters. The van der Waals surface area contributed by atoms with Crippen molar-refractivity contribution < 1.29 is 19.7 Å². The van der Waals surface area contributed by atoms with Gasteiger partial charge in [-0.3, -0.25) is 0 Å². The molecule has 0 saturated carbocycles. The summed E-state index contributed by atoms with van der Waals surface area (Å²) < 4.78 is 5.10. The Hall–Kier alpha value is -1.25. The summed E-state index contributed by atoms with van der Waals surface area (Å²) in [6.07, 6.45) is -3.99. The van der Waals surface area contributed by atoms with Gasteiger partial charge >= 0.3 is 6.03 Å². The lowest BCUT2D eigenvalue weighted by Gasteiger charge is -2.37. The number of rotatable bonds is 2. The lowest BCUT2D eigenvalue weighted by Crippen LogP contribution is -2.53. The first-order valence-corrected chi connectivity index (χ1v) is 4.41. The van der Waals surface area contributed by atoms with E-state index in [4.69, 9.17) is 10.5 Å². The fourth-order valence-corrected chi connectivity index (χ4v) is 1.43. The highest BCUT2D eigenvalue weighted by molar-refractivity contribution is 5.71. The molecule has 0 aromatic carbocycles. The van der Waals surface area contributed by atoms with Gasteiger partial charge in [0.2, 0.25) is 0 Å². The normalized spacial score (nSPS) is 35.9. The number of urea groups is 1. The molecule has 4 N–H and O–H groups in total. The van der Waals surface area contributed by atoms with Crippen LogP contribution >= 0.6 is 0 Å². The first-order chi connectivity index (χ1) is 6.97. The van der Waals surface area contributed by atoms with E-state index in [0.29, 0.717) is 5.01 Å². The molecule has 0 unspecified atom stereocenters. The molecule has 2 amide bonds. The zero-order valence-electron chi connectivity index (χ0n) is 8.11. The van der Waals surface area contributed by atoms with E-state index in [2.05, 4.69) is 5.29 Å². The summed E-state index contributed by atoms with van der Waals surface area (Å²) >= 11 is 0. The van der Waals surface area contributed by atoms with E-state index in [9.17, 15) is 19.9 Å². The number of nitroso groups, excluding NO2 is 1. The molecule has 0 spiro atoms. The van der Waals surface area contributed by atoms with E-state index in [1.807, 2.05) is 0 Å². The largest absolute Gasteiger partial charge is 0.390 e. The smallest absolute Gasteiger partial charge is 0.340 e. The molecule has 0 aliphatic carbocycles. The van der Waals surface area contributed by atoms with Gasteiger partial charge in [0.05, 0.1) is 17.5 Å². The molecule has 1 rings (SSSR count). The van der Waals surface area contributed by atoms with Crippen molar-refractivity contribution in [3.8, 4) is 0 Å². The summed E-state index contributed by atoms with van der Waals surface area (Å²) in [6.45, 7) is 1.50. The van der Waals surface area contributed by atoms with Crippen molar-refractivity contribution in [2.24, 2.45) is 11.0 Å². The monoisotopic (exact) mass is 219 g/mol. The maximum Gasteiger partial charge on any atom is 0.340 e. The Labute approximate surface area is 85.6 Å². The highest BCUT2D eigenvalue weighted by Gasteiger charge is 2.38.